The van der Waals surface area contributed by atoms with Gasteiger partial charge in [-0.15, -0.1) is 0 Å². The summed E-state index contributed by atoms with van der Waals surface area (Å²) in [4.78, 5) is 21.5. The van der Waals surface area contributed by atoms with Gasteiger partial charge in [0.25, 0.3) is 5.69 Å². The molecule has 2 N–H and O–H groups in total. The van der Waals surface area contributed by atoms with Gasteiger partial charge in [0.1, 0.15) is 5.69 Å². The molecule has 6 nitrogen and oxygen atoms in total. The number of aryl methyl sites for hydroxylation is 2. The van der Waals surface area contributed by atoms with E-state index in [4.69, 9.17) is 5.11 Å². The Kier molecular flexibility index (Phi) is 3.89. The van der Waals surface area contributed by atoms with Crippen LogP contribution in [0.3, 0.4) is 0 Å². The first kappa shape index (κ1) is 14.5. The van der Waals surface area contributed by atoms with Crippen molar-refractivity contribution in [2.24, 2.45) is 0 Å². The molecular formula is C15H14N2O4. The average molecular weight is 286 g/mol. The number of nitrogens with zero attached hydrogens (tertiary/aromatic N) is 1. The van der Waals surface area contributed by atoms with Crippen LogP contribution >= 0.6 is 0 Å². The summed E-state index contributed by atoms with van der Waals surface area (Å²) in [6.07, 6.45) is 0. The highest BCUT2D eigenvalue weighted by Crippen LogP contribution is 2.29. The molecule has 0 aliphatic heterocycles. The standard InChI is InChI=1S/C15H14N2O4/c1-9-5-10(2)7-12(6-9)16-13-8-11(15(18)19)3-4-14(13)17(20)21/h3-8,16H,1-2H3,(H,18,19). The van der Waals surface area contributed by atoms with Crippen molar-refractivity contribution < 1.29 is 14.8 Å². The van der Waals surface area contributed by atoms with Gasteiger partial charge in [-0.1, -0.05) is 6.07 Å². The number of hydrogen-bond acceptors (Lipinski definition) is 4. The fourth-order valence-corrected chi connectivity index (χ4v) is 2.13. The molecule has 0 amide bonds. The minimum Gasteiger partial charge on any atom is -0.478 e. The number of carbonyl (C=O) groups is 1. The lowest BCUT2D eigenvalue weighted by atomic mass is 10.1. The fourth-order valence-electron chi connectivity index (χ4n) is 2.13. The SMILES string of the molecule is Cc1cc(C)cc(Nc2cc(C(=O)O)ccc2[N+](=O)[O-])c1. The zero-order chi connectivity index (χ0) is 15.6. The van der Waals surface area contributed by atoms with E-state index >= 15 is 0 Å². The summed E-state index contributed by atoms with van der Waals surface area (Å²) < 4.78 is 0. The van der Waals surface area contributed by atoms with Gasteiger partial charge in [-0.05, 0) is 49.2 Å². The predicted molar refractivity (Wildman–Crippen MR) is 79.3 cm³/mol. The van der Waals surface area contributed by atoms with Crippen LogP contribution in [0.15, 0.2) is 36.4 Å². The van der Waals surface area contributed by atoms with E-state index in [0.29, 0.717) is 5.69 Å². The molecule has 0 aliphatic rings. The molecular weight excluding hydrogens is 272 g/mol. The number of nitro groups is 1. The second-order valence-corrected chi connectivity index (χ2v) is 4.80. The average Bonchev–Trinajstić information content (AvgIpc) is 2.36. The molecule has 2 aromatic carbocycles. The van der Waals surface area contributed by atoms with Crippen molar-refractivity contribution in [3.63, 3.8) is 0 Å². The first-order chi connectivity index (χ1) is 9.86. The van der Waals surface area contributed by atoms with Crippen molar-refractivity contribution >= 4 is 23.0 Å². The zero-order valence-electron chi connectivity index (χ0n) is 11.6. The monoisotopic (exact) mass is 286 g/mol. The summed E-state index contributed by atoms with van der Waals surface area (Å²) in [5.41, 5.74) is 2.68. The number of benzene rings is 2. The Morgan fingerprint density at radius 2 is 1.76 bits per heavy atom. The highest BCUT2D eigenvalue weighted by Gasteiger charge is 2.16. The van der Waals surface area contributed by atoms with E-state index in [1.54, 1.807) is 0 Å². The van der Waals surface area contributed by atoms with Gasteiger partial charge in [0.15, 0.2) is 0 Å². The van der Waals surface area contributed by atoms with Gasteiger partial charge in [-0.25, -0.2) is 4.79 Å². The van der Waals surface area contributed by atoms with Crippen LogP contribution in [0.25, 0.3) is 0 Å². The molecule has 108 valence electrons. The second kappa shape index (κ2) is 5.62. The summed E-state index contributed by atoms with van der Waals surface area (Å²) in [6.45, 7) is 3.83. The van der Waals surface area contributed by atoms with Crippen molar-refractivity contribution in [1.82, 2.24) is 0 Å². The van der Waals surface area contributed by atoms with Gasteiger partial charge in [-0.2, -0.15) is 0 Å². The van der Waals surface area contributed by atoms with E-state index in [9.17, 15) is 14.9 Å². The van der Waals surface area contributed by atoms with Crippen LogP contribution in [0.4, 0.5) is 17.1 Å². The quantitative estimate of drug-likeness (QED) is 0.661. The predicted octanol–water partition coefficient (Wildman–Crippen LogP) is 3.65. The van der Waals surface area contributed by atoms with Gasteiger partial charge in [0, 0.05) is 11.8 Å². The van der Waals surface area contributed by atoms with Crippen LogP contribution < -0.4 is 5.32 Å². The smallest absolute Gasteiger partial charge is 0.335 e. The maximum Gasteiger partial charge on any atom is 0.335 e. The molecule has 2 aromatic rings. The van der Waals surface area contributed by atoms with E-state index in [2.05, 4.69) is 5.32 Å². The minimum atomic E-state index is -1.13. The number of nitro benzene ring substituents is 1. The van der Waals surface area contributed by atoms with Crippen molar-refractivity contribution in [3.05, 3.63) is 63.2 Å². The minimum absolute atomic E-state index is 0.00697. The van der Waals surface area contributed by atoms with E-state index in [-0.39, 0.29) is 16.9 Å². The lowest BCUT2D eigenvalue weighted by molar-refractivity contribution is -0.383. The number of carboxylic acids is 1. The molecule has 0 fully saturated rings. The van der Waals surface area contributed by atoms with Crippen LogP contribution in [0.1, 0.15) is 21.5 Å². The van der Waals surface area contributed by atoms with E-state index in [1.807, 2.05) is 32.0 Å². The normalized spacial score (nSPS) is 10.2. The number of carboxylic acid groups (broad SMARTS) is 1. The number of hydrogen-bond donors (Lipinski definition) is 2. The highest BCUT2D eigenvalue weighted by atomic mass is 16.6. The Labute approximate surface area is 121 Å². The lowest BCUT2D eigenvalue weighted by Gasteiger charge is -2.10. The van der Waals surface area contributed by atoms with Crippen LogP contribution in [0.2, 0.25) is 0 Å². The maximum absolute atomic E-state index is 11.0. The molecule has 0 unspecified atom stereocenters. The number of anilines is 2. The molecule has 6 heteroatoms. The first-order valence-electron chi connectivity index (χ1n) is 6.24. The first-order valence-corrected chi connectivity index (χ1v) is 6.24. The van der Waals surface area contributed by atoms with E-state index < -0.39 is 10.9 Å². The molecule has 21 heavy (non-hydrogen) atoms. The fraction of sp³-hybridized carbons (Fsp3) is 0.133. The molecule has 0 atom stereocenters. The second-order valence-electron chi connectivity index (χ2n) is 4.80. The Bertz CT molecular complexity index is 705. The molecule has 0 spiro atoms. The number of rotatable bonds is 4. The van der Waals surface area contributed by atoms with Gasteiger partial charge >= 0.3 is 5.97 Å². The van der Waals surface area contributed by atoms with Gasteiger partial charge in [0.2, 0.25) is 0 Å². The van der Waals surface area contributed by atoms with Crippen LogP contribution in [-0.4, -0.2) is 16.0 Å². The largest absolute Gasteiger partial charge is 0.478 e. The topological polar surface area (TPSA) is 92.5 Å². The summed E-state index contributed by atoms with van der Waals surface area (Å²) in [5.74, 6) is -1.13. The maximum atomic E-state index is 11.0. The van der Waals surface area contributed by atoms with Gasteiger partial charge < -0.3 is 10.4 Å². The molecule has 0 aliphatic carbocycles. The number of aromatic carboxylic acids is 1. The summed E-state index contributed by atoms with van der Waals surface area (Å²) in [7, 11) is 0. The highest BCUT2D eigenvalue weighted by molar-refractivity contribution is 5.90. The number of nitrogens with one attached hydrogen (secondary N) is 1. The molecule has 0 aromatic heterocycles. The molecule has 0 saturated heterocycles. The Morgan fingerprint density at radius 1 is 1.14 bits per heavy atom. The van der Waals surface area contributed by atoms with Crippen LogP contribution in [0, 0.1) is 24.0 Å². The van der Waals surface area contributed by atoms with Crippen molar-refractivity contribution in [3.8, 4) is 0 Å². The van der Waals surface area contributed by atoms with E-state index in [1.165, 1.54) is 18.2 Å². The van der Waals surface area contributed by atoms with Gasteiger partial charge in [0.05, 0.1) is 10.5 Å². The Hall–Kier alpha value is -2.89. The van der Waals surface area contributed by atoms with Crippen molar-refractivity contribution in [2.45, 2.75) is 13.8 Å². The Balaban J connectivity index is 2.47. The molecule has 0 bridgehead atoms. The zero-order valence-corrected chi connectivity index (χ0v) is 11.6. The third-order valence-electron chi connectivity index (χ3n) is 2.94. The summed E-state index contributed by atoms with van der Waals surface area (Å²) in [6, 6.07) is 9.32. The van der Waals surface area contributed by atoms with Crippen molar-refractivity contribution in [2.75, 3.05) is 5.32 Å². The van der Waals surface area contributed by atoms with Crippen molar-refractivity contribution in [1.29, 1.82) is 0 Å². The third kappa shape index (κ3) is 3.36. The van der Waals surface area contributed by atoms with Gasteiger partial charge in [-0.3, -0.25) is 10.1 Å². The molecule has 0 saturated carbocycles. The third-order valence-corrected chi connectivity index (χ3v) is 2.94. The van der Waals surface area contributed by atoms with Crippen LogP contribution in [-0.2, 0) is 0 Å². The summed E-state index contributed by atoms with van der Waals surface area (Å²) in [5, 5.41) is 23.0. The lowest BCUT2D eigenvalue weighted by Crippen LogP contribution is -2.02. The Morgan fingerprint density at radius 3 is 2.29 bits per heavy atom. The molecule has 0 radical (unpaired) electrons. The molecule has 0 heterocycles. The van der Waals surface area contributed by atoms with Crippen LogP contribution in [0.5, 0.6) is 0 Å². The summed E-state index contributed by atoms with van der Waals surface area (Å²) >= 11 is 0. The molecule has 2 rings (SSSR count). The van der Waals surface area contributed by atoms with E-state index in [0.717, 1.165) is 11.1 Å².